The van der Waals surface area contributed by atoms with Gasteiger partial charge in [0.25, 0.3) is 0 Å². The maximum Gasteiger partial charge on any atom is 0.159 e. The summed E-state index contributed by atoms with van der Waals surface area (Å²) in [5, 5.41) is 0. The summed E-state index contributed by atoms with van der Waals surface area (Å²) >= 11 is 0. The zero-order valence-electron chi connectivity index (χ0n) is 19.3. The Morgan fingerprint density at radius 3 is 2.00 bits per heavy atom. The molecule has 2 fully saturated rings. The Morgan fingerprint density at radius 1 is 0.833 bits per heavy atom. The van der Waals surface area contributed by atoms with E-state index >= 15 is 0 Å². The van der Waals surface area contributed by atoms with Gasteiger partial charge in [0.15, 0.2) is 11.6 Å². The van der Waals surface area contributed by atoms with E-state index in [2.05, 4.69) is 13.0 Å². The van der Waals surface area contributed by atoms with Crippen molar-refractivity contribution in [3.63, 3.8) is 0 Å². The number of hydrogen-bond acceptors (Lipinski definition) is 0. The van der Waals surface area contributed by atoms with E-state index < -0.39 is 11.6 Å². The highest BCUT2D eigenvalue weighted by Gasteiger charge is 2.30. The first-order valence-electron chi connectivity index (χ1n) is 12.7. The van der Waals surface area contributed by atoms with Gasteiger partial charge in [0.1, 0.15) is 0 Å². The smallest absolute Gasteiger partial charge is 0.159 e. The summed E-state index contributed by atoms with van der Waals surface area (Å²) in [4.78, 5) is 0. The molecule has 30 heavy (non-hydrogen) atoms. The first-order chi connectivity index (χ1) is 14.6. The standard InChI is InChI=1S/C28H42F2/c1-3-4-5-8-22-10-14-24(15-11-22)25-16-12-23(13-17-25)9-6-7-21(2)26-18-19-27(29)28(30)20-26/h7,18-20,22-25H,3-6,8-17H2,1-2H3. The summed E-state index contributed by atoms with van der Waals surface area (Å²) in [6.45, 7) is 4.31. The molecule has 2 heteroatoms. The molecule has 0 bridgehead atoms. The number of unbranched alkanes of at least 4 members (excludes halogenated alkanes) is 2. The van der Waals surface area contributed by atoms with Crippen molar-refractivity contribution in [2.75, 3.05) is 0 Å². The van der Waals surface area contributed by atoms with Crippen LogP contribution in [0.4, 0.5) is 8.78 Å². The number of benzene rings is 1. The van der Waals surface area contributed by atoms with E-state index in [-0.39, 0.29) is 0 Å². The van der Waals surface area contributed by atoms with Gasteiger partial charge in [0, 0.05) is 0 Å². The molecule has 1 aromatic rings. The molecule has 0 aliphatic heterocycles. The van der Waals surface area contributed by atoms with Gasteiger partial charge in [-0.05, 0) is 92.4 Å². The Hall–Kier alpha value is -1.18. The highest BCUT2D eigenvalue weighted by molar-refractivity contribution is 5.63. The Kier molecular flexibility index (Phi) is 9.40. The fourth-order valence-corrected chi connectivity index (χ4v) is 5.97. The van der Waals surface area contributed by atoms with Crippen molar-refractivity contribution in [1.29, 1.82) is 0 Å². The van der Waals surface area contributed by atoms with E-state index in [1.807, 2.05) is 6.92 Å². The second-order valence-electron chi connectivity index (χ2n) is 10.2. The van der Waals surface area contributed by atoms with Crippen molar-refractivity contribution in [3.05, 3.63) is 41.5 Å². The Balaban J connectivity index is 1.34. The predicted octanol–water partition coefficient (Wildman–Crippen LogP) is 9.34. The quantitative estimate of drug-likeness (QED) is 0.352. The van der Waals surface area contributed by atoms with Crippen molar-refractivity contribution < 1.29 is 8.78 Å². The maximum absolute atomic E-state index is 13.4. The van der Waals surface area contributed by atoms with Crippen LogP contribution in [0.5, 0.6) is 0 Å². The summed E-state index contributed by atoms with van der Waals surface area (Å²) in [7, 11) is 0. The van der Waals surface area contributed by atoms with Crippen LogP contribution in [-0.4, -0.2) is 0 Å². The van der Waals surface area contributed by atoms with Crippen LogP contribution in [0.1, 0.15) is 109 Å². The topological polar surface area (TPSA) is 0 Å². The Bertz CT molecular complexity index is 661. The second kappa shape index (κ2) is 12.0. The molecule has 0 atom stereocenters. The lowest BCUT2D eigenvalue weighted by molar-refractivity contribution is 0.140. The molecule has 0 unspecified atom stereocenters. The zero-order valence-corrected chi connectivity index (χ0v) is 19.3. The first-order valence-corrected chi connectivity index (χ1v) is 12.7. The fourth-order valence-electron chi connectivity index (χ4n) is 5.97. The van der Waals surface area contributed by atoms with Crippen LogP contribution < -0.4 is 0 Å². The lowest BCUT2D eigenvalue weighted by atomic mass is 9.68. The largest absolute Gasteiger partial charge is 0.204 e. The third-order valence-electron chi connectivity index (χ3n) is 8.07. The summed E-state index contributed by atoms with van der Waals surface area (Å²) in [6, 6.07) is 4.21. The van der Waals surface area contributed by atoms with Gasteiger partial charge >= 0.3 is 0 Å². The van der Waals surface area contributed by atoms with Gasteiger partial charge in [-0.3, -0.25) is 0 Å². The molecule has 2 saturated carbocycles. The number of halogens is 2. The van der Waals surface area contributed by atoms with Gasteiger partial charge in [-0.2, -0.15) is 0 Å². The molecule has 0 radical (unpaired) electrons. The van der Waals surface area contributed by atoms with Gasteiger partial charge in [-0.15, -0.1) is 0 Å². The van der Waals surface area contributed by atoms with Crippen LogP contribution in [0.25, 0.3) is 5.57 Å². The van der Waals surface area contributed by atoms with Crippen molar-refractivity contribution in [1.82, 2.24) is 0 Å². The molecule has 0 spiro atoms. The molecule has 2 aliphatic rings. The van der Waals surface area contributed by atoms with Gasteiger partial charge in [-0.25, -0.2) is 8.78 Å². The SMILES string of the molecule is CCCCCC1CCC(C2CCC(CCC=C(C)c3ccc(F)c(F)c3)CC2)CC1. The van der Waals surface area contributed by atoms with E-state index in [4.69, 9.17) is 0 Å². The van der Waals surface area contributed by atoms with Crippen LogP contribution in [0.3, 0.4) is 0 Å². The predicted molar refractivity (Wildman–Crippen MR) is 124 cm³/mol. The number of allylic oxidation sites excluding steroid dienone is 2. The van der Waals surface area contributed by atoms with E-state index in [0.29, 0.717) is 0 Å². The minimum absolute atomic E-state index is 0.756. The normalized spacial score (nSPS) is 27.9. The van der Waals surface area contributed by atoms with Crippen LogP contribution in [-0.2, 0) is 0 Å². The van der Waals surface area contributed by atoms with Crippen molar-refractivity contribution in [2.24, 2.45) is 23.7 Å². The van der Waals surface area contributed by atoms with Crippen LogP contribution >= 0.6 is 0 Å². The molecule has 1 aromatic carbocycles. The molecular weight excluding hydrogens is 374 g/mol. The number of rotatable bonds is 9. The zero-order chi connectivity index (χ0) is 21.3. The van der Waals surface area contributed by atoms with E-state index in [1.54, 1.807) is 6.07 Å². The summed E-state index contributed by atoms with van der Waals surface area (Å²) in [5.74, 6) is 2.33. The van der Waals surface area contributed by atoms with Gasteiger partial charge in [0.2, 0.25) is 0 Å². The average Bonchev–Trinajstić information content (AvgIpc) is 2.77. The van der Waals surface area contributed by atoms with E-state index in [0.717, 1.165) is 41.2 Å². The van der Waals surface area contributed by atoms with Crippen LogP contribution in [0.2, 0.25) is 0 Å². The highest BCUT2D eigenvalue weighted by Crippen LogP contribution is 2.43. The monoisotopic (exact) mass is 416 g/mol. The molecule has 0 aromatic heterocycles. The van der Waals surface area contributed by atoms with Gasteiger partial charge in [-0.1, -0.05) is 70.4 Å². The molecule has 0 amide bonds. The maximum atomic E-state index is 13.4. The number of hydrogen-bond donors (Lipinski definition) is 0. The molecule has 0 nitrogen and oxygen atoms in total. The molecule has 0 N–H and O–H groups in total. The van der Waals surface area contributed by atoms with Crippen LogP contribution in [0, 0.1) is 35.3 Å². The van der Waals surface area contributed by atoms with E-state index in [9.17, 15) is 8.78 Å². The van der Waals surface area contributed by atoms with Crippen molar-refractivity contribution in [2.45, 2.75) is 104 Å². The molecule has 168 valence electrons. The lowest BCUT2D eigenvalue weighted by Gasteiger charge is -2.38. The minimum Gasteiger partial charge on any atom is -0.204 e. The summed E-state index contributed by atoms with van der Waals surface area (Å²) < 4.78 is 26.5. The fraction of sp³-hybridized carbons (Fsp3) is 0.714. The minimum atomic E-state index is -0.770. The van der Waals surface area contributed by atoms with E-state index in [1.165, 1.54) is 95.6 Å². The summed E-state index contributed by atoms with van der Waals surface area (Å²) in [5.41, 5.74) is 1.85. The van der Waals surface area contributed by atoms with Crippen molar-refractivity contribution in [3.8, 4) is 0 Å². The van der Waals surface area contributed by atoms with Gasteiger partial charge in [0.05, 0.1) is 0 Å². The average molecular weight is 417 g/mol. The molecular formula is C28H42F2. The first kappa shape index (κ1) is 23.5. The Labute approximate surface area is 183 Å². The second-order valence-corrected chi connectivity index (χ2v) is 10.2. The van der Waals surface area contributed by atoms with Gasteiger partial charge < -0.3 is 0 Å². The third-order valence-corrected chi connectivity index (χ3v) is 8.07. The van der Waals surface area contributed by atoms with Crippen LogP contribution in [0.15, 0.2) is 24.3 Å². The molecule has 0 heterocycles. The molecule has 3 rings (SSSR count). The highest BCUT2D eigenvalue weighted by atomic mass is 19.2. The van der Waals surface area contributed by atoms with Crippen molar-refractivity contribution >= 4 is 5.57 Å². The molecule has 2 aliphatic carbocycles. The Morgan fingerprint density at radius 2 is 1.43 bits per heavy atom. The molecule has 0 saturated heterocycles. The lowest BCUT2D eigenvalue weighted by Crippen LogP contribution is -2.25. The summed E-state index contributed by atoms with van der Waals surface area (Å²) in [6.07, 6.45) is 21.8. The third kappa shape index (κ3) is 6.92.